The summed E-state index contributed by atoms with van der Waals surface area (Å²) in [5, 5.41) is 6.56. The average Bonchev–Trinajstić information content (AvgIpc) is 3.15. The predicted octanol–water partition coefficient (Wildman–Crippen LogP) is 4.83. The Morgan fingerprint density at radius 3 is 2.77 bits per heavy atom. The largest absolute Gasteiger partial charge is 0.497 e. The van der Waals surface area contributed by atoms with E-state index in [4.69, 9.17) is 22.1 Å². The van der Waals surface area contributed by atoms with Crippen LogP contribution in [0.4, 0.5) is 16.2 Å². The zero-order valence-electron chi connectivity index (χ0n) is 17.0. The molecule has 0 bridgehead atoms. The fourth-order valence-electron chi connectivity index (χ4n) is 3.51. The Morgan fingerprint density at radius 2 is 1.97 bits per heavy atom. The van der Waals surface area contributed by atoms with E-state index in [1.54, 1.807) is 18.9 Å². The van der Waals surface area contributed by atoms with Crippen LogP contribution in [0.15, 0.2) is 71.6 Å². The fraction of sp³-hybridized carbons (Fsp3) is 0.174. The summed E-state index contributed by atoms with van der Waals surface area (Å²) in [7, 11) is 1.62. The Morgan fingerprint density at radius 1 is 1.16 bits per heavy atom. The highest BCUT2D eigenvalue weighted by atomic mass is 35.5. The van der Waals surface area contributed by atoms with Crippen LogP contribution in [-0.2, 0) is 13.1 Å². The van der Waals surface area contributed by atoms with E-state index < -0.39 is 0 Å². The molecule has 0 fully saturated rings. The smallest absolute Gasteiger partial charge is 0.317 e. The van der Waals surface area contributed by atoms with Gasteiger partial charge in [0.25, 0.3) is 0 Å². The molecule has 3 aromatic carbocycles. The molecule has 1 aliphatic rings. The van der Waals surface area contributed by atoms with E-state index >= 15 is 0 Å². The molecule has 0 spiro atoms. The molecule has 1 heterocycles. The van der Waals surface area contributed by atoms with Crippen LogP contribution in [0.1, 0.15) is 11.1 Å². The summed E-state index contributed by atoms with van der Waals surface area (Å²) in [6.07, 6.45) is 0. The number of carbonyl (C=O) groups excluding carboxylic acids is 1. The van der Waals surface area contributed by atoms with Gasteiger partial charge in [0.2, 0.25) is 0 Å². The number of hydrogen-bond donors (Lipinski definition) is 3. The third-order valence-electron chi connectivity index (χ3n) is 4.97. The number of methoxy groups -OCH3 is 1. The summed E-state index contributed by atoms with van der Waals surface area (Å²) in [5.41, 5.74) is 9.27. The molecule has 4 N–H and O–H groups in total. The minimum absolute atomic E-state index is 0.278. The number of ether oxygens (including phenoxy) is 1. The van der Waals surface area contributed by atoms with Crippen molar-refractivity contribution in [1.29, 1.82) is 0 Å². The van der Waals surface area contributed by atoms with E-state index in [1.807, 2.05) is 71.6 Å². The van der Waals surface area contributed by atoms with E-state index in [0.29, 0.717) is 18.1 Å². The first-order chi connectivity index (χ1) is 15.1. The molecule has 2 amide bonds. The number of carbonyl (C=O) groups is 1. The minimum atomic E-state index is -0.368. The summed E-state index contributed by atoms with van der Waals surface area (Å²) >= 11 is 8.14. The first-order valence-corrected chi connectivity index (χ1v) is 11.1. The molecule has 6 nitrogen and oxygen atoms in total. The van der Waals surface area contributed by atoms with Gasteiger partial charge in [0.15, 0.2) is 5.50 Å². The lowest BCUT2D eigenvalue weighted by atomic mass is 10.1. The maximum absolute atomic E-state index is 12.7. The zero-order valence-corrected chi connectivity index (χ0v) is 18.5. The number of anilines is 2. The van der Waals surface area contributed by atoms with Crippen molar-refractivity contribution in [1.82, 2.24) is 10.6 Å². The van der Waals surface area contributed by atoms with Gasteiger partial charge in [-0.3, -0.25) is 0 Å². The number of nitrogens with two attached hydrogens (primary N) is 1. The number of nitrogens with one attached hydrogen (secondary N) is 2. The zero-order chi connectivity index (χ0) is 21.8. The van der Waals surface area contributed by atoms with Crippen LogP contribution < -0.4 is 26.0 Å². The molecule has 4 rings (SSSR count). The van der Waals surface area contributed by atoms with Gasteiger partial charge in [-0.2, -0.15) is 0 Å². The molecule has 0 saturated heterocycles. The Labute approximate surface area is 190 Å². The molecule has 1 atom stereocenters. The average molecular weight is 455 g/mol. The standard InChI is InChI=1S/C23H23ClN4O2S/c1-30-17-8-4-6-15(12-17)14-26-22(29)27-23-28(19-10-2-3-11-20(19)31-23)21-16(13-25)7-5-9-18(21)24/h2-12,23H,13-14,25H2,1H3,(H2,26,27,29). The van der Waals surface area contributed by atoms with Gasteiger partial charge in [-0.15, -0.1) is 0 Å². The molecular formula is C23H23ClN4O2S. The van der Waals surface area contributed by atoms with Gasteiger partial charge in [-0.05, 0) is 41.5 Å². The summed E-state index contributed by atoms with van der Waals surface area (Å²) in [6, 6.07) is 21.0. The number of amides is 2. The SMILES string of the molecule is COc1cccc(CNC(=O)NC2Sc3ccccc3N2c2c(Cl)cccc2CN)c1. The molecule has 3 aromatic rings. The number of halogens is 1. The molecule has 0 radical (unpaired) electrons. The molecule has 160 valence electrons. The van der Waals surface area contributed by atoms with Crippen LogP contribution in [-0.4, -0.2) is 18.6 Å². The molecule has 0 aromatic heterocycles. The molecule has 31 heavy (non-hydrogen) atoms. The normalized spacial score (nSPS) is 14.8. The maximum Gasteiger partial charge on any atom is 0.317 e. The predicted molar refractivity (Wildman–Crippen MR) is 126 cm³/mol. The monoisotopic (exact) mass is 454 g/mol. The Balaban J connectivity index is 1.55. The lowest BCUT2D eigenvalue weighted by molar-refractivity contribution is 0.240. The lowest BCUT2D eigenvalue weighted by Gasteiger charge is -2.30. The second kappa shape index (κ2) is 9.51. The van der Waals surface area contributed by atoms with Crippen molar-refractivity contribution in [3.63, 3.8) is 0 Å². The summed E-state index contributed by atoms with van der Waals surface area (Å²) in [5.74, 6) is 0.751. The Hall–Kier alpha value is -2.87. The van der Waals surface area contributed by atoms with E-state index in [2.05, 4.69) is 10.6 Å². The lowest BCUT2D eigenvalue weighted by Crippen LogP contribution is -2.46. The minimum Gasteiger partial charge on any atom is -0.497 e. The Kier molecular flexibility index (Phi) is 6.56. The van der Waals surface area contributed by atoms with Crippen LogP contribution >= 0.6 is 23.4 Å². The Bertz CT molecular complexity index is 1090. The number of hydrogen-bond acceptors (Lipinski definition) is 5. The van der Waals surface area contributed by atoms with Crippen LogP contribution in [0, 0.1) is 0 Å². The fourth-order valence-corrected chi connectivity index (χ4v) is 4.97. The van der Waals surface area contributed by atoms with Crippen LogP contribution in [0.25, 0.3) is 0 Å². The molecule has 0 saturated carbocycles. The number of thioether (sulfide) groups is 1. The van der Waals surface area contributed by atoms with Gasteiger partial charge in [0, 0.05) is 18.0 Å². The van der Waals surface area contributed by atoms with E-state index in [9.17, 15) is 4.79 Å². The highest BCUT2D eigenvalue weighted by Crippen LogP contribution is 2.49. The van der Waals surface area contributed by atoms with Crippen molar-refractivity contribution in [3.8, 4) is 5.75 Å². The van der Waals surface area contributed by atoms with Crippen molar-refractivity contribution in [2.75, 3.05) is 12.0 Å². The molecular weight excluding hydrogens is 432 g/mol. The second-order valence-electron chi connectivity index (χ2n) is 6.94. The first-order valence-electron chi connectivity index (χ1n) is 9.80. The number of rotatable bonds is 6. The topological polar surface area (TPSA) is 79.6 Å². The van der Waals surface area contributed by atoms with Crippen molar-refractivity contribution in [3.05, 3.63) is 82.9 Å². The van der Waals surface area contributed by atoms with Crippen molar-refractivity contribution in [2.45, 2.75) is 23.5 Å². The number of urea groups is 1. The summed E-state index contributed by atoms with van der Waals surface area (Å²) in [4.78, 5) is 15.8. The number of nitrogens with zero attached hydrogens (tertiary/aromatic N) is 1. The maximum atomic E-state index is 12.7. The van der Waals surface area contributed by atoms with Gasteiger partial charge >= 0.3 is 6.03 Å². The van der Waals surface area contributed by atoms with Crippen LogP contribution in [0.2, 0.25) is 5.02 Å². The summed E-state index contributed by atoms with van der Waals surface area (Å²) < 4.78 is 5.24. The third-order valence-corrected chi connectivity index (χ3v) is 6.43. The van der Waals surface area contributed by atoms with Gasteiger partial charge in [0.05, 0.1) is 23.5 Å². The number of benzene rings is 3. The van der Waals surface area contributed by atoms with Crippen molar-refractivity contribution < 1.29 is 9.53 Å². The van der Waals surface area contributed by atoms with Crippen LogP contribution in [0.3, 0.4) is 0 Å². The van der Waals surface area contributed by atoms with E-state index in [0.717, 1.165) is 33.1 Å². The van der Waals surface area contributed by atoms with Crippen molar-refractivity contribution in [2.24, 2.45) is 5.73 Å². The third kappa shape index (κ3) is 4.58. The van der Waals surface area contributed by atoms with Crippen molar-refractivity contribution >= 4 is 40.8 Å². The van der Waals surface area contributed by atoms with Gasteiger partial charge < -0.3 is 26.0 Å². The highest BCUT2D eigenvalue weighted by molar-refractivity contribution is 8.00. The van der Waals surface area contributed by atoms with E-state index in [1.165, 1.54) is 0 Å². The van der Waals surface area contributed by atoms with Gasteiger partial charge in [0.1, 0.15) is 5.75 Å². The molecule has 8 heteroatoms. The van der Waals surface area contributed by atoms with Gasteiger partial charge in [-0.1, -0.05) is 59.8 Å². The second-order valence-corrected chi connectivity index (χ2v) is 8.47. The highest BCUT2D eigenvalue weighted by Gasteiger charge is 2.34. The quantitative estimate of drug-likeness (QED) is 0.497. The number of para-hydroxylation sites is 2. The summed E-state index contributed by atoms with van der Waals surface area (Å²) in [6.45, 7) is 0.724. The molecule has 1 aliphatic heterocycles. The first kappa shape index (κ1) is 21.4. The number of fused-ring (bicyclic) bond motifs is 1. The van der Waals surface area contributed by atoms with E-state index in [-0.39, 0.29) is 11.5 Å². The molecule has 0 aliphatic carbocycles. The van der Waals surface area contributed by atoms with Crippen LogP contribution in [0.5, 0.6) is 5.75 Å². The van der Waals surface area contributed by atoms with Gasteiger partial charge in [-0.25, -0.2) is 4.79 Å². The molecule has 1 unspecified atom stereocenters.